The van der Waals surface area contributed by atoms with Gasteiger partial charge in [0.15, 0.2) is 6.29 Å². The molecule has 1 aliphatic rings. The van der Waals surface area contributed by atoms with E-state index < -0.39 is 16.0 Å². The van der Waals surface area contributed by atoms with Crippen molar-refractivity contribution < 1.29 is 24.5 Å². The van der Waals surface area contributed by atoms with Crippen LogP contribution in [-0.4, -0.2) is 44.1 Å². The second-order valence-electron chi connectivity index (χ2n) is 7.57. The van der Waals surface area contributed by atoms with Gasteiger partial charge in [-0.25, -0.2) is 0 Å². The van der Waals surface area contributed by atoms with Crippen LogP contribution in [0.5, 0.6) is 0 Å². The summed E-state index contributed by atoms with van der Waals surface area (Å²) in [6.07, 6.45) is -0.0921. The van der Waals surface area contributed by atoms with Gasteiger partial charge in [-0.3, -0.25) is 4.79 Å². The number of carbonyl (C=O) groups excluding carboxylic acids is 1. The Morgan fingerprint density at radius 1 is 1.00 bits per heavy atom. The molecule has 10 heteroatoms. The first-order valence-corrected chi connectivity index (χ1v) is 12.7. The maximum atomic E-state index is 11.7. The average molecular weight is 535 g/mol. The maximum absolute atomic E-state index is 11.7. The molecule has 1 saturated heterocycles. The molecule has 0 radical (unpaired) electrons. The molecule has 180 valence electrons. The smallest absolute Gasteiger partial charge is 0.272 e. The number of aliphatic hydroxyl groups excluding tert-OH is 2. The molecule has 0 aliphatic carbocycles. The number of rotatable bonds is 9. The van der Waals surface area contributed by atoms with Crippen molar-refractivity contribution in [3.05, 3.63) is 70.8 Å². The lowest BCUT2D eigenvalue weighted by Gasteiger charge is -2.36. The monoisotopic (exact) mass is 533 g/mol. The van der Waals surface area contributed by atoms with E-state index in [0.29, 0.717) is 12.2 Å². The number of halogens is 3. The minimum Gasteiger partial charge on any atom is -0.396 e. The van der Waals surface area contributed by atoms with E-state index in [0.717, 1.165) is 28.0 Å². The van der Waals surface area contributed by atoms with Crippen LogP contribution in [0.15, 0.2) is 48.5 Å². The van der Waals surface area contributed by atoms with Gasteiger partial charge >= 0.3 is 0 Å². The van der Waals surface area contributed by atoms with Crippen molar-refractivity contribution >= 4 is 52.5 Å². The van der Waals surface area contributed by atoms with Crippen LogP contribution < -0.4 is 5.32 Å². The van der Waals surface area contributed by atoms with E-state index in [1.165, 1.54) is 0 Å². The number of aliphatic hydroxyl groups is 2. The van der Waals surface area contributed by atoms with Gasteiger partial charge in [0.25, 0.3) is 9.70 Å². The molecule has 2 aromatic carbocycles. The Morgan fingerprint density at radius 3 is 2.24 bits per heavy atom. The van der Waals surface area contributed by atoms with Crippen molar-refractivity contribution in [1.29, 1.82) is 0 Å². The maximum Gasteiger partial charge on any atom is 0.272 e. The number of hydrogen-bond donors (Lipinski definition) is 3. The third kappa shape index (κ3) is 8.01. The number of alkyl halides is 3. The molecular weight excluding hydrogens is 509 g/mol. The van der Waals surface area contributed by atoms with E-state index in [1.54, 1.807) is 11.8 Å². The summed E-state index contributed by atoms with van der Waals surface area (Å²) in [6, 6.07) is 15.2. The van der Waals surface area contributed by atoms with Gasteiger partial charge in [-0.1, -0.05) is 83.3 Å². The van der Waals surface area contributed by atoms with Crippen LogP contribution in [0.2, 0.25) is 0 Å². The molecule has 0 bridgehead atoms. The van der Waals surface area contributed by atoms with Crippen molar-refractivity contribution in [2.45, 2.75) is 41.9 Å². The zero-order valence-electron chi connectivity index (χ0n) is 17.8. The van der Waals surface area contributed by atoms with Gasteiger partial charge in [-0.05, 0) is 16.7 Å². The topological polar surface area (TPSA) is 88.0 Å². The van der Waals surface area contributed by atoms with Crippen LogP contribution in [0, 0.1) is 0 Å². The largest absolute Gasteiger partial charge is 0.396 e. The van der Waals surface area contributed by atoms with Crippen molar-refractivity contribution in [2.75, 3.05) is 18.1 Å². The number of nitrogens with one attached hydrogen (secondary N) is 1. The molecule has 3 N–H and O–H groups in total. The summed E-state index contributed by atoms with van der Waals surface area (Å²) in [6.45, 7) is 0.339. The molecule has 1 fully saturated rings. The fourth-order valence-corrected chi connectivity index (χ4v) is 4.35. The molecule has 3 rings (SSSR count). The first-order chi connectivity index (χ1) is 15.8. The lowest BCUT2D eigenvalue weighted by Crippen LogP contribution is -2.34. The summed E-state index contributed by atoms with van der Waals surface area (Å²) in [5, 5.41) is 21.0. The van der Waals surface area contributed by atoms with Crippen molar-refractivity contribution in [2.24, 2.45) is 0 Å². The van der Waals surface area contributed by atoms with E-state index >= 15 is 0 Å². The van der Waals surface area contributed by atoms with E-state index in [2.05, 4.69) is 5.32 Å². The third-order valence-electron chi connectivity index (χ3n) is 5.12. The normalized spacial score (nSPS) is 21.1. The highest BCUT2D eigenvalue weighted by molar-refractivity contribution is 7.99. The summed E-state index contributed by atoms with van der Waals surface area (Å²) < 4.78 is 10.5. The highest BCUT2D eigenvalue weighted by atomic mass is 35.6. The molecule has 6 nitrogen and oxygen atoms in total. The van der Waals surface area contributed by atoms with Gasteiger partial charge in [-0.15, -0.1) is 0 Å². The van der Waals surface area contributed by atoms with Gasteiger partial charge in [0.1, 0.15) is 0 Å². The van der Waals surface area contributed by atoms with Crippen molar-refractivity contribution in [3.8, 4) is 0 Å². The average Bonchev–Trinajstić information content (AvgIpc) is 2.82. The highest BCUT2D eigenvalue weighted by Crippen LogP contribution is 2.38. The molecule has 1 heterocycles. The Kier molecular flexibility index (Phi) is 10.2. The summed E-state index contributed by atoms with van der Waals surface area (Å²) in [7, 11) is 0. The van der Waals surface area contributed by atoms with Crippen LogP contribution in [0.25, 0.3) is 0 Å². The fourth-order valence-electron chi connectivity index (χ4n) is 3.38. The van der Waals surface area contributed by atoms with E-state index in [4.69, 9.17) is 49.4 Å². The molecular formula is C23H26Cl3NO5S. The number of benzene rings is 2. The number of hydrogen-bond acceptors (Lipinski definition) is 6. The molecule has 1 aliphatic heterocycles. The first kappa shape index (κ1) is 26.6. The van der Waals surface area contributed by atoms with Crippen LogP contribution in [0.3, 0.4) is 0 Å². The number of amides is 1. The lowest BCUT2D eigenvalue weighted by atomic mass is 10.0. The van der Waals surface area contributed by atoms with Crippen LogP contribution >= 0.6 is 46.6 Å². The van der Waals surface area contributed by atoms with E-state index in [-0.39, 0.29) is 32.0 Å². The summed E-state index contributed by atoms with van der Waals surface area (Å²) >= 11 is 18.4. The van der Waals surface area contributed by atoms with Crippen molar-refractivity contribution in [1.82, 2.24) is 5.32 Å². The van der Waals surface area contributed by atoms with Gasteiger partial charge < -0.3 is 25.0 Å². The van der Waals surface area contributed by atoms with Gasteiger partial charge in [-0.2, -0.15) is 11.8 Å². The summed E-state index contributed by atoms with van der Waals surface area (Å²) in [5.74, 6) is 0.705. The predicted molar refractivity (Wildman–Crippen MR) is 131 cm³/mol. The number of thioether (sulfide) groups is 1. The molecule has 0 saturated carbocycles. The van der Waals surface area contributed by atoms with Crippen LogP contribution in [-0.2, 0) is 27.4 Å². The second kappa shape index (κ2) is 12.6. The quantitative estimate of drug-likeness (QED) is 0.326. The molecule has 0 aromatic heterocycles. The molecule has 0 spiro atoms. The first-order valence-electron chi connectivity index (χ1n) is 10.4. The SMILES string of the molecule is O=C(NCc1ccc([C@@H]2O[C@H](CSCCO)C[C@H](c3ccc(CO)cc3)O2)cc1)C(Cl)(Cl)Cl. The number of carbonyl (C=O) groups is 1. The Bertz CT molecular complexity index is 892. The minimum absolute atomic E-state index is 0.00751. The Morgan fingerprint density at radius 2 is 1.64 bits per heavy atom. The van der Waals surface area contributed by atoms with Crippen LogP contribution in [0.4, 0.5) is 0 Å². The lowest BCUT2D eigenvalue weighted by molar-refractivity contribution is -0.245. The standard InChI is InChI=1S/C23H26Cl3NO5S/c24-23(25,26)22(30)27-12-15-1-7-18(8-2-15)21-31-19(14-33-10-9-28)11-20(32-21)17-5-3-16(13-29)4-6-17/h1-8,19-21,28-29H,9-14H2,(H,27,30)/t19-,20+,21+/m0/s1. The highest BCUT2D eigenvalue weighted by Gasteiger charge is 2.32. The van der Waals surface area contributed by atoms with Gasteiger partial charge in [0.2, 0.25) is 0 Å². The molecule has 3 atom stereocenters. The zero-order valence-corrected chi connectivity index (χ0v) is 20.8. The van der Waals surface area contributed by atoms with E-state index in [1.807, 2.05) is 48.5 Å². The molecule has 33 heavy (non-hydrogen) atoms. The molecule has 1 amide bonds. The second-order valence-corrected chi connectivity index (χ2v) is 11.0. The fraction of sp³-hybridized carbons (Fsp3) is 0.435. The third-order valence-corrected chi connectivity index (χ3v) is 6.71. The zero-order chi connectivity index (χ0) is 23.8. The Hall–Kier alpha value is -1.03. The minimum atomic E-state index is -2.00. The van der Waals surface area contributed by atoms with Crippen molar-refractivity contribution in [3.63, 3.8) is 0 Å². The molecule has 2 aromatic rings. The van der Waals surface area contributed by atoms with Gasteiger partial charge in [0, 0.05) is 30.0 Å². The summed E-state index contributed by atoms with van der Waals surface area (Å²) in [4.78, 5) is 11.7. The Labute approximate surface area is 212 Å². The Balaban J connectivity index is 1.70. The van der Waals surface area contributed by atoms with Gasteiger partial charge in [0.05, 0.1) is 25.4 Å². The number of ether oxygens (including phenoxy) is 2. The van der Waals surface area contributed by atoms with E-state index in [9.17, 15) is 9.90 Å². The molecule has 0 unspecified atom stereocenters. The summed E-state index contributed by atoms with van der Waals surface area (Å²) in [5.41, 5.74) is 3.54. The predicted octanol–water partition coefficient (Wildman–Crippen LogP) is 4.44. The van der Waals surface area contributed by atoms with Crippen LogP contribution in [0.1, 0.15) is 41.1 Å².